The molecule has 0 fully saturated rings. The molecule has 9 nitrogen and oxygen atoms in total. The van der Waals surface area contributed by atoms with Crippen LogP contribution in [-0.4, -0.2) is 45.7 Å². The van der Waals surface area contributed by atoms with Crippen LogP contribution < -0.4 is 4.74 Å². The fraction of sp³-hybridized carbons (Fsp3) is 0.200. The van der Waals surface area contributed by atoms with E-state index in [4.69, 9.17) is 9.84 Å². The molecule has 14 heteroatoms. The molecule has 1 heterocycles. The molecule has 0 aromatic heterocycles. The summed E-state index contributed by atoms with van der Waals surface area (Å²) in [5, 5.41) is 25.6. The second-order valence-electron chi connectivity index (χ2n) is 10.0. The van der Waals surface area contributed by atoms with Gasteiger partial charge in [-0.1, -0.05) is 18.6 Å². The number of nitrogens with zero attached hydrogens (tertiary/aromatic N) is 3. The summed E-state index contributed by atoms with van der Waals surface area (Å²) >= 11 is 0. The van der Waals surface area contributed by atoms with Gasteiger partial charge in [0, 0.05) is 42.7 Å². The van der Waals surface area contributed by atoms with Crippen LogP contribution in [0.2, 0.25) is 0 Å². The van der Waals surface area contributed by atoms with Crippen molar-refractivity contribution >= 4 is 42.4 Å². The summed E-state index contributed by atoms with van der Waals surface area (Å²) in [7, 11) is -2.90. The summed E-state index contributed by atoms with van der Waals surface area (Å²) < 4.78 is 63.0. The maximum absolute atomic E-state index is 14.7. The number of azo groups is 1. The molecule has 4 rings (SSSR count). The number of allylic oxidation sites excluding steroid dienone is 7. The van der Waals surface area contributed by atoms with Crippen molar-refractivity contribution in [1.82, 2.24) is 0 Å². The molecule has 2 aromatic rings. The number of rotatable bonds is 10. The molecule has 0 radical (unpaired) electrons. The highest BCUT2D eigenvalue weighted by molar-refractivity contribution is 6.35. The summed E-state index contributed by atoms with van der Waals surface area (Å²) in [4.78, 5) is 35.0. The van der Waals surface area contributed by atoms with Gasteiger partial charge in [-0.2, -0.15) is 5.11 Å². The standard InChI is InChI=1S/C30H24BF4N3O6/c1-15-10-16(2)23(17(15)3)14-21-6-5-20(38(21)31(34)35)7-9-27(39)44-28-24(32)12-19(13-25(28)33)36-37-26-11-18(29(40)41)4-8-22(26)30(42)43/h4-6,8,10-14,17H,7,9H2,1-3H3,(H-,40,41,42,43)/p+1/b21-14-,37-36?. The molecule has 2 aliphatic rings. The van der Waals surface area contributed by atoms with Gasteiger partial charge in [-0.05, 0) is 43.2 Å². The number of carboxylic acid groups (broad SMARTS) is 2. The van der Waals surface area contributed by atoms with E-state index in [1.807, 2.05) is 26.8 Å². The Morgan fingerprint density at radius 3 is 2.27 bits per heavy atom. The normalized spacial score (nSPS) is 17.2. The first-order chi connectivity index (χ1) is 20.8. The molecular weight excluding hydrogens is 585 g/mol. The first kappa shape index (κ1) is 31.8. The van der Waals surface area contributed by atoms with Crippen LogP contribution >= 0.6 is 0 Å². The lowest BCUT2D eigenvalue weighted by atomic mass is 9.97. The summed E-state index contributed by atoms with van der Waals surface area (Å²) in [6.07, 6.45) is 5.97. The quantitative estimate of drug-likeness (QED) is 0.0963. The van der Waals surface area contributed by atoms with E-state index in [0.29, 0.717) is 12.1 Å². The third-order valence-corrected chi connectivity index (χ3v) is 7.11. The zero-order valence-electron chi connectivity index (χ0n) is 23.6. The maximum Gasteiger partial charge on any atom is 0.934 e. The van der Waals surface area contributed by atoms with Crippen molar-refractivity contribution < 1.29 is 51.2 Å². The number of hydrogen-bond acceptors (Lipinski definition) is 6. The van der Waals surface area contributed by atoms with E-state index in [1.54, 1.807) is 6.08 Å². The van der Waals surface area contributed by atoms with Gasteiger partial charge in [0.05, 0.1) is 23.2 Å². The second-order valence-corrected chi connectivity index (χ2v) is 10.0. The van der Waals surface area contributed by atoms with E-state index < -0.39 is 60.4 Å². The number of carbonyl (C=O) groups is 3. The molecule has 1 atom stereocenters. The molecule has 0 bridgehead atoms. The molecule has 1 aliphatic carbocycles. The van der Waals surface area contributed by atoms with Gasteiger partial charge >= 0.3 is 25.3 Å². The Balaban J connectivity index is 1.47. The number of aromatic carboxylic acids is 2. The molecule has 1 aliphatic heterocycles. The molecule has 226 valence electrons. The van der Waals surface area contributed by atoms with Crippen molar-refractivity contribution in [2.24, 2.45) is 16.1 Å². The number of hydrogen-bond donors (Lipinski definition) is 2. The van der Waals surface area contributed by atoms with Crippen molar-refractivity contribution in [2.45, 2.75) is 33.6 Å². The highest BCUT2D eigenvalue weighted by atomic mass is 19.2. The Bertz CT molecular complexity index is 1740. The fourth-order valence-corrected chi connectivity index (χ4v) is 4.74. The largest absolute Gasteiger partial charge is 0.934 e. The van der Waals surface area contributed by atoms with Gasteiger partial charge in [0.2, 0.25) is 5.75 Å². The van der Waals surface area contributed by atoms with Crippen LogP contribution in [0.15, 0.2) is 87.3 Å². The molecule has 0 spiro atoms. The van der Waals surface area contributed by atoms with Crippen molar-refractivity contribution in [3.8, 4) is 5.75 Å². The van der Waals surface area contributed by atoms with Gasteiger partial charge in [0.15, 0.2) is 23.0 Å². The number of benzene rings is 2. The Hall–Kier alpha value is -5.14. The van der Waals surface area contributed by atoms with Crippen LogP contribution in [0.4, 0.5) is 28.8 Å². The topological polar surface area (TPSA) is 129 Å². The Morgan fingerprint density at radius 1 is 1.02 bits per heavy atom. The van der Waals surface area contributed by atoms with Crippen LogP contribution in [0.3, 0.4) is 0 Å². The first-order valence-corrected chi connectivity index (χ1v) is 13.2. The van der Waals surface area contributed by atoms with Crippen LogP contribution in [0.1, 0.15) is 54.3 Å². The third kappa shape index (κ3) is 6.91. The smallest absolute Gasteiger partial charge is 0.478 e. The predicted molar refractivity (Wildman–Crippen MR) is 152 cm³/mol. The summed E-state index contributed by atoms with van der Waals surface area (Å²) in [5.41, 5.74) is 1.86. The zero-order valence-corrected chi connectivity index (χ0v) is 23.6. The van der Waals surface area contributed by atoms with Gasteiger partial charge in [0.1, 0.15) is 5.69 Å². The lowest BCUT2D eigenvalue weighted by Gasteiger charge is -2.09. The maximum atomic E-state index is 14.7. The van der Waals surface area contributed by atoms with E-state index in [1.165, 1.54) is 12.2 Å². The number of carboxylic acids is 2. The van der Waals surface area contributed by atoms with Crippen molar-refractivity contribution in [2.75, 3.05) is 0 Å². The van der Waals surface area contributed by atoms with Crippen molar-refractivity contribution in [1.29, 1.82) is 0 Å². The minimum atomic E-state index is -2.90. The third-order valence-electron chi connectivity index (χ3n) is 7.11. The highest BCUT2D eigenvalue weighted by Crippen LogP contribution is 2.34. The highest BCUT2D eigenvalue weighted by Gasteiger charge is 2.42. The molecule has 0 saturated carbocycles. The van der Waals surface area contributed by atoms with E-state index in [9.17, 15) is 36.9 Å². The lowest BCUT2D eigenvalue weighted by Crippen LogP contribution is -2.25. The number of carbonyl (C=O) groups excluding carboxylic acids is 1. The minimum absolute atomic E-state index is 0.0671. The number of ether oxygens (including phenoxy) is 1. The Kier molecular flexibility index (Phi) is 9.41. The minimum Gasteiger partial charge on any atom is -0.478 e. The zero-order chi connectivity index (χ0) is 32.3. The van der Waals surface area contributed by atoms with E-state index in [-0.39, 0.29) is 35.0 Å². The molecule has 0 amide bonds. The summed E-state index contributed by atoms with van der Waals surface area (Å²) in [6.45, 7) is 5.83. The summed E-state index contributed by atoms with van der Waals surface area (Å²) in [6, 6.07) is 4.29. The molecule has 44 heavy (non-hydrogen) atoms. The van der Waals surface area contributed by atoms with Crippen LogP contribution in [-0.2, 0) is 4.79 Å². The molecule has 1 unspecified atom stereocenters. The monoisotopic (exact) mass is 610 g/mol. The average molecular weight is 610 g/mol. The lowest BCUT2D eigenvalue weighted by molar-refractivity contribution is -0.343. The first-order valence-electron chi connectivity index (χ1n) is 13.2. The number of halogens is 4. The van der Waals surface area contributed by atoms with Crippen molar-refractivity contribution in [3.05, 3.63) is 99.8 Å². The van der Waals surface area contributed by atoms with Gasteiger partial charge in [-0.3, -0.25) is 4.79 Å². The second kappa shape index (κ2) is 13.0. The van der Waals surface area contributed by atoms with Gasteiger partial charge in [-0.25, -0.2) is 31.5 Å². The SMILES string of the molecule is CC1=CC(C)=C(/C=C2/C=CC(CCC(=O)Oc3c(F)cc(N=Nc4cc(C(=O)O)ccc4C(=O)O)cc3F)=[N+]2B(F)F)C1C. The van der Waals surface area contributed by atoms with Crippen LogP contribution in [0.5, 0.6) is 5.75 Å². The predicted octanol–water partition coefficient (Wildman–Crippen LogP) is 7.21. The van der Waals surface area contributed by atoms with E-state index >= 15 is 0 Å². The van der Waals surface area contributed by atoms with Crippen LogP contribution in [0, 0.1) is 17.6 Å². The van der Waals surface area contributed by atoms with Crippen LogP contribution in [0.25, 0.3) is 0 Å². The fourth-order valence-electron chi connectivity index (χ4n) is 4.74. The van der Waals surface area contributed by atoms with Gasteiger partial charge in [0.25, 0.3) is 0 Å². The number of esters is 1. The molecular formula is C30H25BF4N3O6+. The molecule has 2 aromatic carbocycles. The Morgan fingerprint density at radius 2 is 1.70 bits per heavy atom. The molecule has 2 N–H and O–H groups in total. The molecule has 0 saturated heterocycles. The van der Waals surface area contributed by atoms with Crippen molar-refractivity contribution in [3.63, 3.8) is 0 Å². The van der Waals surface area contributed by atoms with Gasteiger partial charge < -0.3 is 14.9 Å². The summed E-state index contributed by atoms with van der Waals surface area (Å²) in [5.74, 6) is -7.53. The average Bonchev–Trinajstić information content (AvgIpc) is 3.47. The van der Waals surface area contributed by atoms with E-state index in [0.717, 1.165) is 39.4 Å². The Labute approximate surface area is 249 Å². The van der Waals surface area contributed by atoms with E-state index in [2.05, 4.69) is 10.2 Å². The van der Waals surface area contributed by atoms with Gasteiger partial charge in [-0.15, -0.1) is 5.11 Å².